The summed E-state index contributed by atoms with van der Waals surface area (Å²) in [6.07, 6.45) is 0.959. The van der Waals surface area contributed by atoms with Crippen molar-refractivity contribution in [2.24, 2.45) is 4.99 Å². The molecular weight excluding hydrogens is 326 g/mol. The highest BCUT2D eigenvalue weighted by Crippen LogP contribution is 2.27. The minimum atomic E-state index is 0.959. The van der Waals surface area contributed by atoms with Crippen molar-refractivity contribution in [3.05, 3.63) is 102 Å². The van der Waals surface area contributed by atoms with Gasteiger partial charge in [-0.1, -0.05) is 126 Å². The second-order valence-electron chi connectivity index (χ2n) is 4.88. The molecule has 144 valence electrons. The fourth-order valence-electron chi connectivity index (χ4n) is 2.32. The predicted octanol–water partition coefficient (Wildman–Crippen LogP) is 8.13. The summed E-state index contributed by atoms with van der Waals surface area (Å²) < 4.78 is 0. The fourth-order valence-corrected chi connectivity index (χ4v) is 2.32. The summed E-state index contributed by atoms with van der Waals surface area (Å²) in [6.45, 7) is 12.0. The summed E-state index contributed by atoms with van der Waals surface area (Å²) >= 11 is 0. The van der Waals surface area contributed by atoms with Crippen molar-refractivity contribution in [2.45, 2.75) is 48.0 Å². The Kier molecular flexibility index (Phi) is 15.1. The molecule has 3 aromatic carbocycles. The Labute approximate surface area is 166 Å². The van der Waals surface area contributed by atoms with Gasteiger partial charge in [-0.25, -0.2) is 0 Å². The first-order valence-corrected chi connectivity index (χ1v) is 10.1. The minimum Gasteiger partial charge on any atom is -0.252 e. The van der Waals surface area contributed by atoms with Crippen LogP contribution in [0.5, 0.6) is 0 Å². The van der Waals surface area contributed by atoms with Crippen molar-refractivity contribution in [1.29, 1.82) is 0 Å². The minimum absolute atomic E-state index is 0.959. The first-order valence-electron chi connectivity index (χ1n) is 10.1. The van der Waals surface area contributed by atoms with Crippen molar-refractivity contribution in [3.63, 3.8) is 0 Å². The zero-order valence-corrected chi connectivity index (χ0v) is 17.8. The van der Waals surface area contributed by atoms with Crippen molar-refractivity contribution in [3.8, 4) is 0 Å². The molecule has 0 saturated heterocycles. The molecule has 1 aliphatic rings. The van der Waals surface area contributed by atoms with E-state index in [1.54, 1.807) is 0 Å². The summed E-state index contributed by atoms with van der Waals surface area (Å²) in [5.41, 5.74) is 4.86. The van der Waals surface area contributed by atoms with Crippen LogP contribution in [0.3, 0.4) is 0 Å². The molecule has 0 atom stereocenters. The number of aliphatic imine (C=N–C) groups is 1. The number of rotatable bonds is 1. The third-order valence-corrected chi connectivity index (χ3v) is 3.38. The lowest BCUT2D eigenvalue weighted by Crippen LogP contribution is -1.99. The molecule has 1 aliphatic heterocycles. The smallest absolute Gasteiger partial charge is 0.0669 e. The van der Waals surface area contributed by atoms with Crippen molar-refractivity contribution in [2.75, 3.05) is 0 Å². The molecule has 0 bridgehead atoms. The van der Waals surface area contributed by atoms with E-state index in [0.29, 0.717) is 0 Å². The van der Waals surface area contributed by atoms with Crippen molar-refractivity contribution >= 4 is 11.4 Å². The quantitative estimate of drug-likeness (QED) is 0.415. The van der Waals surface area contributed by atoms with Gasteiger partial charge >= 0.3 is 0 Å². The van der Waals surface area contributed by atoms with Gasteiger partial charge in [0.2, 0.25) is 0 Å². The highest BCUT2D eigenvalue weighted by molar-refractivity contribution is 6.06. The van der Waals surface area contributed by atoms with Gasteiger partial charge in [-0.05, 0) is 17.2 Å². The molecule has 0 amide bonds. The number of benzene rings is 3. The lowest BCUT2D eigenvalue weighted by Gasteiger charge is -1.98. The lowest BCUT2D eigenvalue weighted by molar-refractivity contribution is 1.39. The van der Waals surface area contributed by atoms with E-state index in [2.05, 4.69) is 47.5 Å². The van der Waals surface area contributed by atoms with E-state index in [0.717, 1.165) is 12.1 Å². The Morgan fingerprint density at radius 3 is 1.41 bits per heavy atom. The Morgan fingerprint density at radius 2 is 0.926 bits per heavy atom. The Bertz CT molecular complexity index is 689. The summed E-state index contributed by atoms with van der Waals surface area (Å²) in [5.74, 6) is 0. The van der Waals surface area contributed by atoms with Crippen molar-refractivity contribution in [1.82, 2.24) is 0 Å². The van der Waals surface area contributed by atoms with E-state index < -0.39 is 0 Å². The first-order chi connectivity index (χ1) is 13.4. The molecule has 0 N–H and O–H groups in total. The topological polar surface area (TPSA) is 12.4 Å². The molecule has 0 spiro atoms. The van der Waals surface area contributed by atoms with Crippen LogP contribution < -0.4 is 0 Å². The summed E-state index contributed by atoms with van der Waals surface area (Å²) in [6, 6.07) is 30.7. The highest BCUT2D eigenvalue weighted by Gasteiger charge is 2.14. The van der Waals surface area contributed by atoms with E-state index in [4.69, 9.17) is 0 Å². The maximum absolute atomic E-state index is 4.64. The second-order valence-corrected chi connectivity index (χ2v) is 4.88. The van der Waals surface area contributed by atoms with Crippen LogP contribution in [-0.2, 0) is 6.42 Å². The van der Waals surface area contributed by atoms with Gasteiger partial charge < -0.3 is 0 Å². The van der Waals surface area contributed by atoms with Crippen LogP contribution in [0.1, 0.15) is 52.7 Å². The SMILES string of the molecule is CC.CC.CC.c1ccc(C2=Nc3ccccc3C2)cc1.c1ccccc1. The third-order valence-electron chi connectivity index (χ3n) is 3.38. The number of fused-ring (bicyclic) bond motifs is 1. The van der Waals surface area contributed by atoms with Gasteiger partial charge in [0.05, 0.1) is 11.4 Å². The van der Waals surface area contributed by atoms with E-state index in [1.165, 1.54) is 16.8 Å². The molecule has 0 saturated carbocycles. The van der Waals surface area contributed by atoms with Crippen LogP contribution in [0.25, 0.3) is 0 Å². The average molecular weight is 362 g/mol. The summed E-state index contributed by atoms with van der Waals surface area (Å²) in [4.78, 5) is 4.64. The van der Waals surface area contributed by atoms with Gasteiger partial charge in [0.1, 0.15) is 0 Å². The second kappa shape index (κ2) is 16.8. The maximum atomic E-state index is 4.64. The number of hydrogen-bond donors (Lipinski definition) is 0. The van der Waals surface area contributed by atoms with E-state index in [1.807, 2.05) is 90.1 Å². The molecule has 3 aromatic rings. The summed E-state index contributed by atoms with van der Waals surface area (Å²) in [5, 5.41) is 0. The van der Waals surface area contributed by atoms with E-state index >= 15 is 0 Å². The Balaban J connectivity index is 0.000000474. The Hall–Kier alpha value is -2.67. The number of nitrogens with zero attached hydrogens (tertiary/aromatic N) is 1. The normalized spacial score (nSPS) is 9.93. The van der Waals surface area contributed by atoms with Crippen LogP contribution in [-0.4, -0.2) is 5.71 Å². The Morgan fingerprint density at radius 1 is 0.519 bits per heavy atom. The monoisotopic (exact) mass is 361 g/mol. The average Bonchev–Trinajstić information content (AvgIpc) is 3.25. The lowest BCUT2D eigenvalue weighted by atomic mass is 10.0. The standard InChI is InChI=1S/C14H11N.C6H6.3C2H6/c1-2-6-11(7-3-1)14-10-12-8-4-5-9-13(12)15-14;1-2-4-6-5-3-1;3*1-2/h1-9H,10H2;1-6H;3*1-2H3. The zero-order chi connectivity index (χ0) is 20.3. The summed E-state index contributed by atoms with van der Waals surface area (Å²) in [7, 11) is 0. The van der Waals surface area contributed by atoms with E-state index in [9.17, 15) is 0 Å². The molecule has 0 fully saturated rings. The third kappa shape index (κ3) is 9.01. The molecule has 4 rings (SSSR count). The molecule has 0 unspecified atom stereocenters. The van der Waals surface area contributed by atoms with Gasteiger partial charge in [-0.3, -0.25) is 4.99 Å². The predicted molar refractivity (Wildman–Crippen MR) is 123 cm³/mol. The van der Waals surface area contributed by atoms with Crippen LogP contribution in [0, 0.1) is 0 Å². The van der Waals surface area contributed by atoms with Crippen LogP contribution in [0.15, 0.2) is 96.0 Å². The fraction of sp³-hybridized carbons (Fsp3) is 0.269. The van der Waals surface area contributed by atoms with Gasteiger partial charge in [-0.15, -0.1) is 0 Å². The molecule has 1 nitrogen and oxygen atoms in total. The van der Waals surface area contributed by atoms with Gasteiger partial charge in [0.25, 0.3) is 0 Å². The molecule has 1 heterocycles. The first kappa shape index (κ1) is 24.3. The molecular formula is C26H35N. The largest absolute Gasteiger partial charge is 0.252 e. The van der Waals surface area contributed by atoms with Crippen LogP contribution in [0.2, 0.25) is 0 Å². The van der Waals surface area contributed by atoms with Crippen molar-refractivity contribution < 1.29 is 0 Å². The van der Waals surface area contributed by atoms with E-state index in [-0.39, 0.29) is 0 Å². The van der Waals surface area contributed by atoms with Crippen LogP contribution >= 0.6 is 0 Å². The number of para-hydroxylation sites is 1. The molecule has 0 aliphatic carbocycles. The highest BCUT2D eigenvalue weighted by atomic mass is 14.8. The molecule has 1 heteroatoms. The number of hydrogen-bond acceptors (Lipinski definition) is 1. The maximum Gasteiger partial charge on any atom is 0.0669 e. The van der Waals surface area contributed by atoms with Gasteiger partial charge in [0.15, 0.2) is 0 Å². The molecule has 0 aromatic heterocycles. The van der Waals surface area contributed by atoms with Gasteiger partial charge in [-0.2, -0.15) is 0 Å². The molecule has 27 heavy (non-hydrogen) atoms. The zero-order valence-electron chi connectivity index (χ0n) is 17.8. The van der Waals surface area contributed by atoms with Gasteiger partial charge in [0, 0.05) is 6.42 Å². The molecule has 0 radical (unpaired) electrons. The van der Waals surface area contributed by atoms with Crippen LogP contribution in [0.4, 0.5) is 5.69 Å².